The molecule has 1 saturated carbocycles. The molecule has 2 aromatic rings. The molecule has 1 aromatic heterocycles. The largest absolute Gasteiger partial charge is 0.481 e. The molecule has 110 valence electrons. The number of aromatic nitrogens is 4. The lowest BCUT2D eigenvalue weighted by Gasteiger charge is -2.37. The van der Waals surface area contributed by atoms with Crippen LogP contribution in [0.5, 0.6) is 0 Å². The van der Waals surface area contributed by atoms with Gasteiger partial charge in [0.25, 0.3) is 0 Å². The SMILES string of the molecule is O=C(O)C1(Cn2nnnc2-c2ccc(I)c(Cl)c2)CCC1. The van der Waals surface area contributed by atoms with Crippen LogP contribution < -0.4 is 0 Å². The third-order valence-electron chi connectivity index (χ3n) is 3.93. The highest BCUT2D eigenvalue weighted by molar-refractivity contribution is 14.1. The van der Waals surface area contributed by atoms with Crippen LogP contribution in [0.15, 0.2) is 18.2 Å². The molecule has 0 unspecified atom stereocenters. The molecule has 0 spiro atoms. The Kier molecular flexibility index (Phi) is 3.87. The molecule has 6 nitrogen and oxygen atoms in total. The van der Waals surface area contributed by atoms with E-state index in [4.69, 9.17) is 11.6 Å². The average molecular weight is 419 g/mol. The van der Waals surface area contributed by atoms with E-state index in [0.717, 1.165) is 15.6 Å². The molecular formula is C13H12ClIN4O2. The van der Waals surface area contributed by atoms with Crippen LogP contribution in [0, 0.1) is 8.99 Å². The van der Waals surface area contributed by atoms with Crippen molar-refractivity contribution in [3.05, 3.63) is 26.8 Å². The second kappa shape index (κ2) is 5.53. The zero-order chi connectivity index (χ0) is 15.0. The van der Waals surface area contributed by atoms with Crippen molar-refractivity contribution in [2.45, 2.75) is 25.8 Å². The van der Waals surface area contributed by atoms with Gasteiger partial charge in [-0.25, -0.2) is 4.68 Å². The van der Waals surface area contributed by atoms with Gasteiger partial charge in [0, 0.05) is 9.13 Å². The number of benzene rings is 1. The monoisotopic (exact) mass is 418 g/mol. The molecule has 0 saturated heterocycles. The Bertz CT molecular complexity index is 699. The van der Waals surface area contributed by atoms with E-state index in [-0.39, 0.29) is 6.54 Å². The van der Waals surface area contributed by atoms with Crippen molar-refractivity contribution in [1.29, 1.82) is 0 Å². The van der Waals surface area contributed by atoms with Crippen LogP contribution in [0.4, 0.5) is 0 Å². The number of tetrazole rings is 1. The number of nitrogens with zero attached hydrogens (tertiary/aromatic N) is 4. The number of rotatable bonds is 4. The van der Waals surface area contributed by atoms with Gasteiger partial charge in [0.2, 0.25) is 0 Å². The molecule has 1 aliphatic carbocycles. The van der Waals surface area contributed by atoms with Gasteiger partial charge in [-0.2, -0.15) is 0 Å². The third-order valence-corrected chi connectivity index (χ3v) is 5.50. The second-order valence-electron chi connectivity index (χ2n) is 5.23. The van der Waals surface area contributed by atoms with Crippen LogP contribution >= 0.6 is 34.2 Å². The average Bonchev–Trinajstić information content (AvgIpc) is 2.84. The maximum Gasteiger partial charge on any atom is 0.311 e. The van der Waals surface area contributed by atoms with Crippen molar-refractivity contribution in [2.24, 2.45) is 5.41 Å². The molecule has 0 bridgehead atoms. The zero-order valence-corrected chi connectivity index (χ0v) is 13.9. The van der Waals surface area contributed by atoms with E-state index in [1.54, 1.807) is 10.7 Å². The predicted octanol–water partition coefficient (Wildman–Crippen LogP) is 2.85. The molecule has 21 heavy (non-hydrogen) atoms. The Morgan fingerprint density at radius 3 is 2.81 bits per heavy atom. The normalized spacial score (nSPS) is 16.5. The van der Waals surface area contributed by atoms with Crippen molar-refractivity contribution >= 4 is 40.2 Å². The van der Waals surface area contributed by atoms with Crippen LogP contribution in [0.3, 0.4) is 0 Å². The Balaban J connectivity index is 1.94. The standard InChI is InChI=1S/C13H12ClIN4O2/c14-9-6-8(2-3-10(9)15)11-16-17-18-19(11)7-13(12(20)21)4-1-5-13/h2-3,6H,1,4-5,7H2,(H,20,21). The van der Waals surface area contributed by atoms with Crippen molar-refractivity contribution in [3.63, 3.8) is 0 Å². The summed E-state index contributed by atoms with van der Waals surface area (Å²) >= 11 is 8.27. The smallest absolute Gasteiger partial charge is 0.311 e. The Hall–Kier alpha value is -1.22. The molecule has 1 aliphatic rings. The summed E-state index contributed by atoms with van der Waals surface area (Å²) in [6.45, 7) is 0.286. The molecule has 0 atom stereocenters. The van der Waals surface area contributed by atoms with E-state index >= 15 is 0 Å². The van der Waals surface area contributed by atoms with E-state index in [9.17, 15) is 9.90 Å². The number of carboxylic acids is 1. The minimum Gasteiger partial charge on any atom is -0.481 e. The summed E-state index contributed by atoms with van der Waals surface area (Å²) in [6.07, 6.45) is 2.25. The topological polar surface area (TPSA) is 80.9 Å². The Labute approximate surface area is 139 Å². The highest BCUT2D eigenvalue weighted by atomic mass is 127. The van der Waals surface area contributed by atoms with Gasteiger partial charge in [0.05, 0.1) is 17.0 Å². The molecule has 0 radical (unpaired) electrons. The first kappa shape index (κ1) is 14.7. The summed E-state index contributed by atoms with van der Waals surface area (Å²) in [5.74, 6) is -0.239. The van der Waals surface area contributed by atoms with Crippen LogP contribution in [-0.4, -0.2) is 31.3 Å². The first-order chi connectivity index (χ1) is 10.0. The first-order valence-corrected chi connectivity index (χ1v) is 7.92. The van der Waals surface area contributed by atoms with Crippen LogP contribution in [0.2, 0.25) is 5.02 Å². The summed E-state index contributed by atoms with van der Waals surface area (Å²) in [4.78, 5) is 11.5. The fourth-order valence-electron chi connectivity index (χ4n) is 2.48. The number of hydrogen-bond acceptors (Lipinski definition) is 4. The van der Waals surface area contributed by atoms with Gasteiger partial charge < -0.3 is 5.11 Å². The van der Waals surface area contributed by atoms with Gasteiger partial charge in [0.1, 0.15) is 0 Å². The first-order valence-electron chi connectivity index (χ1n) is 6.47. The number of hydrogen-bond donors (Lipinski definition) is 1. The summed E-state index contributed by atoms with van der Waals surface area (Å²) < 4.78 is 2.50. The lowest BCUT2D eigenvalue weighted by molar-refractivity contribution is -0.156. The zero-order valence-electron chi connectivity index (χ0n) is 11.0. The van der Waals surface area contributed by atoms with Gasteiger partial charge in [0.15, 0.2) is 5.82 Å². The lowest BCUT2D eigenvalue weighted by atomic mass is 9.69. The molecule has 0 aliphatic heterocycles. The predicted molar refractivity (Wildman–Crippen MR) is 84.9 cm³/mol. The van der Waals surface area contributed by atoms with Crippen molar-refractivity contribution in [3.8, 4) is 11.4 Å². The fraction of sp³-hybridized carbons (Fsp3) is 0.385. The summed E-state index contributed by atoms with van der Waals surface area (Å²) in [5.41, 5.74) is 0.0437. The maximum atomic E-state index is 11.5. The molecule has 3 rings (SSSR count). The molecule has 0 amide bonds. The van der Waals surface area contributed by atoms with Crippen LogP contribution in [0.25, 0.3) is 11.4 Å². The number of carboxylic acid groups (broad SMARTS) is 1. The maximum absolute atomic E-state index is 11.5. The van der Waals surface area contributed by atoms with Gasteiger partial charge in [-0.1, -0.05) is 18.0 Å². The van der Waals surface area contributed by atoms with Crippen molar-refractivity contribution < 1.29 is 9.90 Å². The third kappa shape index (κ3) is 2.64. The van der Waals surface area contributed by atoms with E-state index in [1.165, 1.54) is 0 Å². The Morgan fingerprint density at radius 2 is 2.24 bits per heavy atom. The van der Waals surface area contributed by atoms with E-state index in [2.05, 4.69) is 38.1 Å². The molecule has 8 heteroatoms. The van der Waals surface area contributed by atoms with E-state index in [0.29, 0.717) is 23.7 Å². The van der Waals surface area contributed by atoms with Crippen molar-refractivity contribution in [2.75, 3.05) is 0 Å². The minimum atomic E-state index is -0.782. The fourth-order valence-corrected chi connectivity index (χ4v) is 3.00. The number of halogens is 2. The summed E-state index contributed by atoms with van der Waals surface area (Å²) in [5, 5.41) is 21.7. The number of carbonyl (C=O) groups is 1. The van der Waals surface area contributed by atoms with Crippen LogP contribution in [-0.2, 0) is 11.3 Å². The number of aliphatic carboxylic acids is 1. The quantitative estimate of drug-likeness (QED) is 0.772. The van der Waals surface area contributed by atoms with Gasteiger partial charge >= 0.3 is 5.97 Å². The van der Waals surface area contributed by atoms with Gasteiger partial charge in [-0.05, 0) is 64.1 Å². The Morgan fingerprint density at radius 1 is 1.48 bits per heavy atom. The highest BCUT2D eigenvalue weighted by Crippen LogP contribution is 2.43. The highest BCUT2D eigenvalue weighted by Gasteiger charge is 2.45. The molecular weight excluding hydrogens is 407 g/mol. The van der Waals surface area contributed by atoms with Gasteiger partial charge in [-0.15, -0.1) is 5.10 Å². The van der Waals surface area contributed by atoms with E-state index in [1.807, 2.05) is 12.1 Å². The van der Waals surface area contributed by atoms with Crippen LogP contribution in [0.1, 0.15) is 19.3 Å². The van der Waals surface area contributed by atoms with E-state index < -0.39 is 11.4 Å². The summed E-state index contributed by atoms with van der Waals surface area (Å²) in [6, 6.07) is 5.55. The lowest BCUT2D eigenvalue weighted by Crippen LogP contribution is -2.42. The summed E-state index contributed by atoms with van der Waals surface area (Å²) in [7, 11) is 0. The molecule has 1 N–H and O–H groups in total. The molecule has 1 aromatic carbocycles. The molecule has 1 heterocycles. The minimum absolute atomic E-state index is 0.286. The second-order valence-corrected chi connectivity index (χ2v) is 6.80. The van der Waals surface area contributed by atoms with Gasteiger partial charge in [-0.3, -0.25) is 4.79 Å². The van der Waals surface area contributed by atoms with Crippen molar-refractivity contribution in [1.82, 2.24) is 20.2 Å². The molecule has 1 fully saturated rings.